The Morgan fingerprint density at radius 2 is 0.896 bits per heavy atom. The van der Waals surface area contributed by atoms with Crippen molar-refractivity contribution in [1.82, 2.24) is 4.98 Å². The first-order chi connectivity index (χ1) is 45.9. The van der Waals surface area contributed by atoms with E-state index in [1.165, 1.54) is 33.2 Å². The van der Waals surface area contributed by atoms with E-state index in [-0.39, 0.29) is 40.8 Å². The number of fused-ring (bicyclic) bond motifs is 10. The van der Waals surface area contributed by atoms with E-state index in [1.807, 2.05) is 180 Å². The van der Waals surface area contributed by atoms with Crippen LogP contribution in [0.5, 0.6) is 17.2 Å². The van der Waals surface area contributed by atoms with E-state index >= 15 is 0 Å². The van der Waals surface area contributed by atoms with Gasteiger partial charge in [-0.1, -0.05) is 212 Å². The number of hydrogen-bond donors (Lipinski definition) is 3. The molecule has 0 spiro atoms. The molecule has 0 bridgehead atoms. The largest absolute Gasteiger partial charge is 0.488 e. The number of nitrogens with one attached hydrogen (secondary N) is 3. The van der Waals surface area contributed by atoms with Crippen molar-refractivity contribution in [3.63, 3.8) is 0 Å². The van der Waals surface area contributed by atoms with Crippen molar-refractivity contribution in [3.05, 3.63) is 245 Å². The molecule has 13 nitrogen and oxygen atoms in total. The van der Waals surface area contributed by atoms with Gasteiger partial charge in [-0.25, -0.2) is 9.59 Å². The first-order valence-electron chi connectivity index (χ1n) is 32.0. The van der Waals surface area contributed by atoms with Gasteiger partial charge in [0.05, 0.1) is 11.4 Å². The van der Waals surface area contributed by atoms with E-state index in [4.69, 9.17) is 23.7 Å². The molecule has 4 heterocycles. The molecule has 3 atom stereocenters. The molecule has 96 heavy (non-hydrogen) atoms. The van der Waals surface area contributed by atoms with Crippen LogP contribution in [-0.2, 0) is 29.3 Å². The van der Waals surface area contributed by atoms with Crippen molar-refractivity contribution in [3.8, 4) is 17.2 Å². The second-order valence-corrected chi connectivity index (χ2v) is 27.9. The molecule has 0 radical (unpaired) electrons. The van der Waals surface area contributed by atoms with Gasteiger partial charge in [0.1, 0.15) is 54.0 Å². The van der Waals surface area contributed by atoms with Crippen LogP contribution in [-0.4, -0.2) is 69.9 Å². The van der Waals surface area contributed by atoms with Crippen LogP contribution in [0.2, 0.25) is 0 Å². The van der Waals surface area contributed by atoms with E-state index in [9.17, 15) is 14.4 Å². The number of halogens is 4. The van der Waals surface area contributed by atoms with Gasteiger partial charge >= 0.3 is 12.2 Å². The number of aromatic amines is 1. The molecular weight excluding hydrogens is 1470 g/mol. The molecular formula is C79H77Br4N5O8. The van der Waals surface area contributed by atoms with Gasteiger partial charge in [0.15, 0.2) is 0 Å². The van der Waals surface area contributed by atoms with E-state index in [1.54, 1.807) is 11.0 Å². The van der Waals surface area contributed by atoms with Crippen molar-refractivity contribution >= 4 is 149 Å². The number of amides is 3. The molecule has 14 rings (SSSR count). The molecule has 10 aromatic carbocycles. The molecule has 494 valence electrons. The van der Waals surface area contributed by atoms with Crippen LogP contribution >= 0.6 is 64.8 Å². The van der Waals surface area contributed by atoms with Gasteiger partial charge in [-0.3, -0.25) is 15.0 Å². The predicted octanol–water partition coefficient (Wildman–Crippen LogP) is 20.9. The lowest BCUT2D eigenvalue weighted by molar-refractivity contribution is 0.0580. The number of alkyl halides is 3. The van der Waals surface area contributed by atoms with Crippen molar-refractivity contribution in [2.24, 2.45) is 0 Å². The maximum atomic E-state index is 14.0. The van der Waals surface area contributed by atoms with Gasteiger partial charge < -0.3 is 38.9 Å². The number of ether oxygens (including phenoxy) is 5. The molecule has 3 amide bonds. The number of nitrogens with zero attached hydrogens (tertiary/aromatic N) is 2. The summed E-state index contributed by atoms with van der Waals surface area (Å²) in [6.07, 6.45) is -0.850. The standard InChI is InChI=1S/C34H32BrN3O4.C25H26BrNO3.C20H18BrNO.BrH/c1-34(2,3)42-33(40)36-24-13-14-27-22(15-24)16-28(37-27)32(39)38-19-23(18-35)31-26-12-8-7-11-25(26)30(17-29(31)38)41-20-21-9-5-4-6-10-21;1-25(2,3)30-24(28)27-15-18(14-26)23-20-12-8-7-11-19(20)22(13-21(23)27)29-16-17-9-5-4-6-10-17;21-11-15-12-22-18-10-19(23-13-14-6-2-1-3-7-14)16-8-4-5-9-17(16)20(15)18;/h4-17,23,37H,18-20H2,1-3H3,(H,36,40);4-13,18H,14-16H2,1-3H3;1-10,15,22H,11-13H2;1H/t23-;18-;15-;/m111./s1. The SMILES string of the molecule is Br.BrC[C@@H]1CNc2cc(OCc3ccccc3)c3ccccc3c21.CC(C)(C)OC(=O)N1C[C@@H](CBr)c2c1cc(OCc1ccccc1)c1ccccc21.CC(C)(C)OC(=O)Nc1ccc2[nH]c(C(=O)N3C[C@@H](CBr)c4c3cc(OCc3ccccc3)c3ccccc43)cc2c1. The lowest BCUT2D eigenvalue weighted by atomic mass is 9.95. The molecule has 0 saturated carbocycles. The highest BCUT2D eigenvalue weighted by molar-refractivity contribution is 9.09. The van der Waals surface area contributed by atoms with Crippen molar-refractivity contribution in [1.29, 1.82) is 0 Å². The highest BCUT2D eigenvalue weighted by Crippen LogP contribution is 2.49. The molecule has 0 aliphatic carbocycles. The van der Waals surface area contributed by atoms with Crippen LogP contribution in [0.25, 0.3) is 43.2 Å². The Labute approximate surface area is 596 Å². The van der Waals surface area contributed by atoms with Crippen molar-refractivity contribution < 1.29 is 38.1 Å². The zero-order valence-corrected chi connectivity index (χ0v) is 60.9. The topological polar surface area (TPSA) is 144 Å². The van der Waals surface area contributed by atoms with Crippen LogP contribution in [0.15, 0.2) is 206 Å². The monoisotopic (exact) mass is 1540 g/mol. The summed E-state index contributed by atoms with van der Waals surface area (Å²) in [6.45, 7) is 14.7. The third kappa shape index (κ3) is 15.7. The number of aromatic nitrogens is 1. The Bertz CT molecular complexity index is 4580. The van der Waals surface area contributed by atoms with Crippen LogP contribution in [0.1, 0.15) is 103 Å². The normalized spacial score (nSPS) is 15.2. The van der Waals surface area contributed by atoms with Crippen molar-refractivity contribution in [2.75, 3.05) is 56.1 Å². The van der Waals surface area contributed by atoms with Gasteiger partial charge in [0.2, 0.25) is 0 Å². The summed E-state index contributed by atoms with van der Waals surface area (Å²) in [5.74, 6) is 3.19. The molecule has 0 fully saturated rings. The zero-order chi connectivity index (χ0) is 66.4. The third-order valence-corrected chi connectivity index (χ3v) is 19.2. The third-order valence-electron chi connectivity index (χ3n) is 16.9. The van der Waals surface area contributed by atoms with E-state index < -0.39 is 17.3 Å². The number of benzene rings is 10. The highest BCUT2D eigenvalue weighted by Gasteiger charge is 2.38. The summed E-state index contributed by atoms with van der Waals surface area (Å²) >= 11 is 11.0. The number of anilines is 4. The summed E-state index contributed by atoms with van der Waals surface area (Å²) in [4.78, 5) is 46.1. The van der Waals surface area contributed by atoms with E-state index in [0.717, 1.165) is 100 Å². The minimum Gasteiger partial charge on any atom is -0.488 e. The van der Waals surface area contributed by atoms with Crippen LogP contribution in [0.3, 0.4) is 0 Å². The molecule has 1 aromatic heterocycles. The first-order valence-corrected chi connectivity index (χ1v) is 35.3. The maximum absolute atomic E-state index is 14.0. The minimum atomic E-state index is -0.599. The fraction of sp³-hybridized carbons (Fsp3) is 0.253. The second kappa shape index (κ2) is 30.4. The van der Waals surface area contributed by atoms with Crippen LogP contribution in [0.4, 0.5) is 32.3 Å². The minimum absolute atomic E-state index is 0. The number of rotatable bonds is 14. The van der Waals surface area contributed by atoms with E-state index in [2.05, 4.69) is 130 Å². The maximum Gasteiger partial charge on any atom is 0.414 e. The number of carbonyl (C=O) groups excluding carboxylic acids is 3. The molecule has 3 N–H and O–H groups in total. The van der Waals surface area contributed by atoms with Gasteiger partial charge in [-0.15, -0.1) is 17.0 Å². The molecule has 0 saturated heterocycles. The van der Waals surface area contributed by atoms with Crippen molar-refractivity contribution in [2.45, 2.75) is 90.3 Å². The smallest absolute Gasteiger partial charge is 0.414 e. The van der Waals surface area contributed by atoms with Gasteiger partial charge in [-0.2, -0.15) is 0 Å². The molecule has 17 heteroatoms. The molecule has 3 aliphatic heterocycles. The Morgan fingerprint density at radius 1 is 0.479 bits per heavy atom. The van der Waals surface area contributed by atoms with Gasteiger partial charge in [0, 0.05) is 110 Å². The summed E-state index contributed by atoms with van der Waals surface area (Å²) in [7, 11) is 0. The quantitative estimate of drug-likeness (QED) is 0.0907. The second-order valence-electron chi connectivity index (χ2n) is 26.0. The Hall–Kier alpha value is -8.35. The first kappa shape index (κ1) is 69.0. The molecule has 0 unspecified atom stereocenters. The summed E-state index contributed by atoms with van der Waals surface area (Å²) in [5, 5.41) is 16.4. The number of H-pyrrole nitrogens is 1. The van der Waals surface area contributed by atoms with Gasteiger partial charge in [0.25, 0.3) is 5.91 Å². The average Bonchev–Trinajstić information content (AvgIpc) is 1.57. The number of hydrogen-bond acceptors (Lipinski definition) is 9. The summed E-state index contributed by atoms with van der Waals surface area (Å²) < 4.78 is 29.8. The zero-order valence-electron chi connectivity index (χ0n) is 54.4. The van der Waals surface area contributed by atoms with Crippen LogP contribution < -0.4 is 34.6 Å². The Kier molecular flexibility index (Phi) is 21.8. The summed E-state index contributed by atoms with van der Waals surface area (Å²) in [6, 6.07) is 68.9. The van der Waals surface area contributed by atoms with Gasteiger partial charge in [-0.05, 0) is 115 Å². The number of carbonyl (C=O) groups is 3. The Morgan fingerprint density at radius 3 is 1.35 bits per heavy atom. The predicted molar refractivity (Wildman–Crippen MR) is 406 cm³/mol. The average molecular weight is 1540 g/mol. The fourth-order valence-corrected chi connectivity index (χ4v) is 14.2. The fourth-order valence-electron chi connectivity index (χ4n) is 12.6. The highest BCUT2D eigenvalue weighted by atomic mass is 79.9. The Balaban J connectivity index is 0.000000153. The molecule has 3 aliphatic rings. The molecule has 11 aromatic rings. The van der Waals surface area contributed by atoms with Crippen LogP contribution in [0, 0.1) is 0 Å². The lowest BCUT2D eigenvalue weighted by Gasteiger charge is -2.25. The lowest BCUT2D eigenvalue weighted by Crippen LogP contribution is -2.36. The van der Waals surface area contributed by atoms with E-state index in [0.29, 0.717) is 50.2 Å². The summed E-state index contributed by atoms with van der Waals surface area (Å²) in [5.41, 5.74) is 10.7.